The maximum atomic E-state index is 11.7. The molecule has 0 radical (unpaired) electrons. The van der Waals surface area contributed by atoms with Gasteiger partial charge in [0.2, 0.25) is 0 Å². The van der Waals surface area contributed by atoms with E-state index in [2.05, 4.69) is 15.3 Å². The molecule has 7 nitrogen and oxygen atoms in total. The van der Waals surface area contributed by atoms with Gasteiger partial charge in [-0.1, -0.05) is 12.1 Å². The molecule has 1 aromatic carbocycles. The zero-order valence-corrected chi connectivity index (χ0v) is 9.77. The molecule has 1 heterocycles. The number of hydrogen-bond acceptors (Lipinski definition) is 3. The number of aliphatic carboxylic acids is 1. The van der Waals surface area contributed by atoms with Gasteiger partial charge < -0.3 is 20.4 Å². The lowest BCUT2D eigenvalue weighted by Crippen LogP contribution is -2.14. The smallest absolute Gasteiger partial charge is 0.323 e. The van der Waals surface area contributed by atoms with Crippen molar-refractivity contribution < 1.29 is 14.7 Å². The fraction of sp³-hybridized carbons (Fsp3) is 0.0833. The number of nitrogens with one attached hydrogen (secondary N) is 3. The topological polar surface area (TPSA) is 115 Å². The number of carbonyl (C=O) groups is 2. The van der Waals surface area contributed by atoms with Crippen LogP contribution >= 0.6 is 0 Å². The van der Waals surface area contributed by atoms with Crippen LogP contribution in [0.5, 0.6) is 0 Å². The molecular formula is C12H11N3O4. The molecule has 2 rings (SSSR count). The summed E-state index contributed by atoms with van der Waals surface area (Å²) in [5.41, 5.74) is 0.678. The van der Waals surface area contributed by atoms with Gasteiger partial charge in [0.1, 0.15) is 5.69 Å². The highest BCUT2D eigenvalue weighted by Gasteiger charge is 2.09. The molecule has 4 N–H and O–H groups in total. The van der Waals surface area contributed by atoms with Gasteiger partial charge >= 0.3 is 11.7 Å². The largest absolute Gasteiger partial charge is 0.481 e. The minimum Gasteiger partial charge on any atom is -0.481 e. The predicted molar refractivity (Wildman–Crippen MR) is 67.1 cm³/mol. The molecular weight excluding hydrogens is 250 g/mol. The highest BCUT2D eigenvalue weighted by molar-refractivity contribution is 6.02. The van der Waals surface area contributed by atoms with E-state index in [1.807, 2.05) is 0 Å². The molecule has 19 heavy (non-hydrogen) atoms. The van der Waals surface area contributed by atoms with E-state index < -0.39 is 17.6 Å². The van der Waals surface area contributed by atoms with E-state index in [9.17, 15) is 14.4 Å². The monoisotopic (exact) mass is 261 g/mol. The maximum Gasteiger partial charge on any atom is 0.323 e. The van der Waals surface area contributed by atoms with Crippen molar-refractivity contribution in [2.45, 2.75) is 6.42 Å². The molecule has 0 unspecified atom stereocenters. The first kappa shape index (κ1) is 12.6. The number of carbonyl (C=O) groups excluding carboxylic acids is 1. The number of anilines is 1. The van der Waals surface area contributed by atoms with Crippen molar-refractivity contribution in [1.29, 1.82) is 0 Å². The summed E-state index contributed by atoms with van der Waals surface area (Å²) >= 11 is 0. The molecule has 0 aliphatic rings. The van der Waals surface area contributed by atoms with Crippen LogP contribution in [0.4, 0.5) is 5.69 Å². The van der Waals surface area contributed by atoms with E-state index in [0.717, 1.165) is 0 Å². The quantitative estimate of drug-likeness (QED) is 0.644. The minimum absolute atomic E-state index is 0.105. The second-order valence-corrected chi connectivity index (χ2v) is 3.88. The van der Waals surface area contributed by atoms with Gasteiger partial charge in [-0.15, -0.1) is 0 Å². The van der Waals surface area contributed by atoms with Gasteiger partial charge in [0, 0.05) is 11.9 Å². The fourth-order valence-corrected chi connectivity index (χ4v) is 1.59. The van der Waals surface area contributed by atoms with Crippen LogP contribution < -0.4 is 11.0 Å². The number of aromatic amines is 2. The summed E-state index contributed by atoms with van der Waals surface area (Å²) in [6.45, 7) is 0. The molecule has 7 heteroatoms. The number of carboxylic acid groups (broad SMARTS) is 1. The lowest BCUT2D eigenvalue weighted by Gasteiger charge is -2.05. The van der Waals surface area contributed by atoms with Gasteiger partial charge in [-0.3, -0.25) is 9.59 Å². The molecule has 0 aliphatic heterocycles. The second kappa shape index (κ2) is 5.21. The minimum atomic E-state index is -0.946. The Bertz CT molecular complexity index is 671. The van der Waals surface area contributed by atoms with Crippen molar-refractivity contribution in [2.24, 2.45) is 0 Å². The van der Waals surface area contributed by atoms with Gasteiger partial charge in [0.05, 0.1) is 6.42 Å². The van der Waals surface area contributed by atoms with Crippen LogP contribution in [0.15, 0.2) is 35.3 Å². The molecule has 98 valence electrons. The average Bonchev–Trinajstić information content (AvgIpc) is 2.75. The van der Waals surface area contributed by atoms with Crippen LogP contribution in [-0.4, -0.2) is 27.0 Å². The number of benzene rings is 1. The first-order valence-corrected chi connectivity index (χ1v) is 5.44. The number of carboxylic acids is 1. The first-order valence-electron chi connectivity index (χ1n) is 5.44. The Morgan fingerprint density at radius 1 is 1.32 bits per heavy atom. The predicted octanol–water partition coefficient (Wildman–Crippen LogP) is 0.582. The van der Waals surface area contributed by atoms with Crippen molar-refractivity contribution in [3.05, 3.63) is 52.2 Å². The van der Waals surface area contributed by atoms with Gasteiger partial charge in [-0.25, -0.2) is 4.79 Å². The van der Waals surface area contributed by atoms with Crippen LogP contribution in [0.25, 0.3) is 0 Å². The Labute approximate surface area is 107 Å². The van der Waals surface area contributed by atoms with E-state index in [4.69, 9.17) is 5.11 Å². The summed E-state index contributed by atoms with van der Waals surface area (Å²) in [6, 6.07) is 6.50. The second-order valence-electron chi connectivity index (χ2n) is 3.88. The van der Waals surface area contributed by atoms with E-state index in [0.29, 0.717) is 11.3 Å². The van der Waals surface area contributed by atoms with Gasteiger partial charge in [-0.2, -0.15) is 0 Å². The Morgan fingerprint density at radius 3 is 2.74 bits per heavy atom. The Hall–Kier alpha value is -2.83. The molecule has 2 aromatic rings. The molecule has 0 saturated heterocycles. The van der Waals surface area contributed by atoms with Gasteiger partial charge in [-0.05, 0) is 17.7 Å². The summed E-state index contributed by atoms with van der Waals surface area (Å²) in [4.78, 5) is 37.9. The maximum absolute atomic E-state index is 11.7. The van der Waals surface area contributed by atoms with E-state index in [1.165, 1.54) is 6.20 Å². The number of H-pyrrole nitrogens is 2. The molecule has 1 amide bonds. The summed E-state index contributed by atoms with van der Waals surface area (Å²) in [7, 11) is 0. The van der Waals surface area contributed by atoms with Crippen LogP contribution in [-0.2, 0) is 11.2 Å². The van der Waals surface area contributed by atoms with Crippen LogP contribution in [0.2, 0.25) is 0 Å². The molecule has 0 fully saturated rings. The molecule has 0 aliphatic carbocycles. The third-order valence-electron chi connectivity index (χ3n) is 2.38. The number of amides is 1. The lowest BCUT2D eigenvalue weighted by molar-refractivity contribution is -0.136. The van der Waals surface area contributed by atoms with Crippen molar-refractivity contribution in [1.82, 2.24) is 9.97 Å². The van der Waals surface area contributed by atoms with Gasteiger partial charge in [0.15, 0.2) is 0 Å². The van der Waals surface area contributed by atoms with Crippen LogP contribution in [0.1, 0.15) is 16.1 Å². The molecule has 0 saturated carbocycles. The zero-order valence-electron chi connectivity index (χ0n) is 9.77. The summed E-state index contributed by atoms with van der Waals surface area (Å²) in [6.07, 6.45) is 1.14. The number of hydrogen-bond donors (Lipinski definition) is 4. The number of imidazole rings is 1. The SMILES string of the molecule is O=C(O)Cc1cccc(NC(=O)c2c[nH]c(=O)[nH]2)c1. The van der Waals surface area contributed by atoms with Crippen LogP contribution in [0, 0.1) is 0 Å². The number of aromatic nitrogens is 2. The number of rotatable bonds is 4. The molecule has 0 spiro atoms. The van der Waals surface area contributed by atoms with E-state index in [1.54, 1.807) is 24.3 Å². The van der Waals surface area contributed by atoms with E-state index >= 15 is 0 Å². The summed E-state index contributed by atoms with van der Waals surface area (Å²) < 4.78 is 0. The highest BCUT2D eigenvalue weighted by Crippen LogP contribution is 2.12. The lowest BCUT2D eigenvalue weighted by atomic mass is 10.1. The fourth-order valence-electron chi connectivity index (χ4n) is 1.59. The normalized spacial score (nSPS) is 10.1. The molecule has 0 bridgehead atoms. The highest BCUT2D eigenvalue weighted by atomic mass is 16.4. The Morgan fingerprint density at radius 2 is 2.11 bits per heavy atom. The molecule has 0 atom stereocenters. The zero-order chi connectivity index (χ0) is 13.8. The summed E-state index contributed by atoms with van der Waals surface area (Å²) in [5, 5.41) is 11.3. The van der Waals surface area contributed by atoms with Crippen molar-refractivity contribution in [3.63, 3.8) is 0 Å². The third-order valence-corrected chi connectivity index (χ3v) is 2.38. The first-order chi connectivity index (χ1) is 9.04. The Balaban J connectivity index is 2.12. The van der Waals surface area contributed by atoms with E-state index in [-0.39, 0.29) is 12.1 Å². The molecule has 1 aromatic heterocycles. The van der Waals surface area contributed by atoms with Crippen molar-refractivity contribution >= 4 is 17.6 Å². The van der Waals surface area contributed by atoms with Crippen LogP contribution in [0.3, 0.4) is 0 Å². The third kappa shape index (κ3) is 3.32. The van der Waals surface area contributed by atoms with Gasteiger partial charge in [0.25, 0.3) is 5.91 Å². The van der Waals surface area contributed by atoms with Crippen molar-refractivity contribution in [3.8, 4) is 0 Å². The Kier molecular flexibility index (Phi) is 3.46. The average molecular weight is 261 g/mol. The van der Waals surface area contributed by atoms with Crippen molar-refractivity contribution in [2.75, 3.05) is 5.32 Å². The standard InChI is InChI=1S/C12H11N3O4/c16-10(17)5-7-2-1-3-8(4-7)14-11(18)9-6-13-12(19)15-9/h1-4,6H,5H2,(H,14,18)(H,16,17)(H2,13,15,19). The summed E-state index contributed by atoms with van der Waals surface area (Å²) in [5.74, 6) is -1.43.